The van der Waals surface area contributed by atoms with Crippen LogP contribution in [0.4, 0.5) is 18.9 Å². The molecule has 0 radical (unpaired) electrons. The zero-order valence-corrected chi connectivity index (χ0v) is 18.5. The van der Waals surface area contributed by atoms with Crippen LogP contribution in [0.15, 0.2) is 36.4 Å². The predicted molar refractivity (Wildman–Crippen MR) is 117 cm³/mol. The van der Waals surface area contributed by atoms with Crippen molar-refractivity contribution in [1.82, 2.24) is 5.32 Å². The zero-order chi connectivity index (χ0) is 23.3. The predicted octanol–water partition coefficient (Wildman–Crippen LogP) is 3.88. The maximum atomic E-state index is 13.6. The van der Waals surface area contributed by atoms with Gasteiger partial charge >= 0.3 is 5.97 Å². The highest BCUT2D eigenvalue weighted by Gasteiger charge is 2.22. The van der Waals surface area contributed by atoms with Crippen molar-refractivity contribution in [3.05, 3.63) is 65.0 Å². The summed E-state index contributed by atoms with van der Waals surface area (Å²) in [5.41, 5.74) is 0.816. The minimum absolute atomic E-state index is 0.285. The van der Waals surface area contributed by atoms with E-state index in [1.165, 1.54) is 6.92 Å². The minimum Gasteiger partial charge on any atom is -0.449 e. The molecule has 1 atom stereocenters. The highest BCUT2D eigenvalue weighted by molar-refractivity contribution is 8.19. The molecule has 2 amide bonds. The number of rotatable bonds is 7. The van der Waals surface area contributed by atoms with Crippen LogP contribution in [0, 0.1) is 17.5 Å². The van der Waals surface area contributed by atoms with E-state index in [4.69, 9.17) is 4.74 Å². The molecule has 2 N–H and O–H groups in total. The molecule has 1 aliphatic heterocycles. The lowest BCUT2D eigenvalue weighted by Gasteiger charge is -2.14. The third-order valence-electron chi connectivity index (χ3n) is 4.43. The Kier molecular flexibility index (Phi) is 8.08. The second kappa shape index (κ2) is 10.8. The van der Waals surface area contributed by atoms with E-state index >= 15 is 0 Å². The molecule has 1 saturated heterocycles. The van der Waals surface area contributed by atoms with Crippen LogP contribution in [0.25, 0.3) is 0 Å². The number of ether oxygens (including phenoxy) is 1. The Bertz CT molecular complexity index is 1010. The number of halogens is 3. The second-order valence-electron chi connectivity index (χ2n) is 6.73. The summed E-state index contributed by atoms with van der Waals surface area (Å²) in [5.74, 6) is -4.83. The highest BCUT2D eigenvalue weighted by Crippen LogP contribution is 2.45. The van der Waals surface area contributed by atoms with Crippen molar-refractivity contribution in [3.8, 4) is 0 Å². The van der Waals surface area contributed by atoms with Crippen molar-refractivity contribution in [2.45, 2.75) is 17.6 Å². The molecule has 11 heteroatoms. The maximum Gasteiger partial charge on any atom is 0.338 e. The molecule has 6 nitrogen and oxygen atoms in total. The van der Waals surface area contributed by atoms with Crippen LogP contribution in [0.2, 0.25) is 0 Å². The average Bonchev–Trinajstić information content (AvgIpc) is 3.33. The quantitative estimate of drug-likeness (QED) is 0.458. The van der Waals surface area contributed by atoms with E-state index in [2.05, 4.69) is 5.32 Å². The Hall–Kier alpha value is -2.66. The molecule has 0 bridgehead atoms. The summed E-state index contributed by atoms with van der Waals surface area (Å²) in [7, 11) is 0. The lowest BCUT2D eigenvalue weighted by atomic mass is 10.1. The van der Waals surface area contributed by atoms with Gasteiger partial charge in [-0.2, -0.15) is 0 Å². The molecule has 0 saturated carbocycles. The first kappa shape index (κ1) is 24.0. The monoisotopic (exact) mass is 484 g/mol. The number of hydrogen-bond acceptors (Lipinski definition) is 6. The van der Waals surface area contributed by atoms with E-state index in [0.717, 1.165) is 23.1 Å². The van der Waals surface area contributed by atoms with E-state index in [1.807, 2.05) is 41.0 Å². The molecule has 170 valence electrons. The molecule has 1 fully saturated rings. The van der Waals surface area contributed by atoms with Crippen molar-refractivity contribution in [3.63, 3.8) is 0 Å². The summed E-state index contributed by atoms with van der Waals surface area (Å²) < 4.78 is 45.2. The summed E-state index contributed by atoms with van der Waals surface area (Å²) in [5, 5.41) is 4.25. The van der Waals surface area contributed by atoms with Crippen LogP contribution in [0.1, 0.15) is 27.4 Å². The molecule has 1 unspecified atom stereocenters. The second-order valence-corrected chi connectivity index (χ2v) is 9.46. The number of carbonyl (C=O) groups is 3. The lowest BCUT2D eigenvalue weighted by Crippen LogP contribution is -2.40. The summed E-state index contributed by atoms with van der Waals surface area (Å²) >= 11 is 3.68. The number of carbonyl (C=O) groups excluding carboxylic acids is 3. The van der Waals surface area contributed by atoms with Gasteiger partial charge in [0.25, 0.3) is 5.91 Å². The van der Waals surface area contributed by atoms with Crippen LogP contribution in [-0.4, -0.2) is 41.9 Å². The van der Waals surface area contributed by atoms with Crippen molar-refractivity contribution in [2.75, 3.05) is 23.4 Å². The Balaban J connectivity index is 1.47. The Morgan fingerprint density at radius 3 is 2.34 bits per heavy atom. The number of benzene rings is 2. The molecule has 1 heterocycles. The van der Waals surface area contributed by atoms with Gasteiger partial charge in [0, 0.05) is 11.5 Å². The number of anilines is 1. The molecule has 0 aromatic heterocycles. The molecule has 0 spiro atoms. The zero-order valence-electron chi connectivity index (χ0n) is 16.8. The van der Waals surface area contributed by atoms with Crippen LogP contribution in [0.5, 0.6) is 0 Å². The fraction of sp³-hybridized carbons (Fsp3) is 0.286. The third-order valence-corrected chi connectivity index (χ3v) is 7.53. The minimum atomic E-state index is -1.72. The standard InChI is InChI=1S/C21H19F3N2O4S2/c1-11(30-20(29)12-2-4-13(5-3-12)21-31-8-9-32-21)19(28)25-10-16(27)26-15-7-6-14(22)17(23)18(15)24/h2-7,11,21H,8-10H2,1H3,(H,25,28)(H,26,27). The number of nitrogens with one attached hydrogen (secondary N) is 2. The molecule has 32 heavy (non-hydrogen) atoms. The molecule has 2 aromatic rings. The summed E-state index contributed by atoms with van der Waals surface area (Å²) in [6.07, 6.45) is -1.20. The molecule has 1 aliphatic rings. The van der Waals surface area contributed by atoms with Crippen LogP contribution in [-0.2, 0) is 14.3 Å². The first-order valence-electron chi connectivity index (χ1n) is 9.51. The number of thioether (sulfide) groups is 2. The van der Waals surface area contributed by atoms with Gasteiger partial charge in [0.15, 0.2) is 23.6 Å². The smallest absolute Gasteiger partial charge is 0.338 e. The van der Waals surface area contributed by atoms with Gasteiger partial charge in [0.1, 0.15) is 0 Å². The molecule has 3 rings (SSSR count). The SMILES string of the molecule is CC(OC(=O)c1ccc(C2SCCS2)cc1)C(=O)NCC(=O)Nc1ccc(F)c(F)c1F. The van der Waals surface area contributed by atoms with Crippen LogP contribution in [0.3, 0.4) is 0 Å². The van der Waals surface area contributed by atoms with Crippen molar-refractivity contribution in [1.29, 1.82) is 0 Å². The maximum absolute atomic E-state index is 13.6. The number of hydrogen-bond donors (Lipinski definition) is 2. The normalized spacial score (nSPS) is 14.6. The van der Waals surface area contributed by atoms with E-state index in [1.54, 1.807) is 12.1 Å². The average molecular weight is 485 g/mol. The Labute approximate surface area is 190 Å². The first-order chi connectivity index (χ1) is 15.3. The largest absolute Gasteiger partial charge is 0.449 e. The Morgan fingerprint density at radius 1 is 1.03 bits per heavy atom. The van der Waals surface area contributed by atoms with Gasteiger partial charge in [0.2, 0.25) is 5.91 Å². The summed E-state index contributed by atoms with van der Waals surface area (Å²) in [4.78, 5) is 36.2. The number of amides is 2. The van der Waals surface area contributed by atoms with Crippen LogP contribution >= 0.6 is 23.5 Å². The van der Waals surface area contributed by atoms with Gasteiger partial charge in [-0.15, -0.1) is 23.5 Å². The van der Waals surface area contributed by atoms with Crippen molar-refractivity contribution >= 4 is 47.0 Å². The highest BCUT2D eigenvalue weighted by atomic mass is 32.2. The summed E-state index contributed by atoms with van der Waals surface area (Å²) in [6.45, 7) is 0.741. The fourth-order valence-electron chi connectivity index (χ4n) is 2.74. The summed E-state index contributed by atoms with van der Waals surface area (Å²) in [6, 6.07) is 8.47. The van der Waals surface area contributed by atoms with Gasteiger partial charge in [-0.05, 0) is 36.8 Å². The van der Waals surface area contributed by atoms with Gasteiger partial charge < -0.3 is 15.4 Å². The molecule has 2 aromatic carbocycles. The fourth-order valence-corrected chi connectivity index (χ4v) is 5.60. The number of esters is 1. The van der Waals surface area contributed by atoms with Gasteiger partial charge in [-0.1, -0.05) is 12.1 Å². The van der Waals surface area contributed by atoms with Crippen LogP contribution < -0.4 is 10.6 Å². The Morgan fingerprint density at radius 2 is 1.69 bits per heavy atom. The first-order valence-corrected chi connectivity index (χ1v) is 11.6. The molecular formula is C21H19F3N2O4S2. The molecule has 0 aliphatic carbocycles. The lowest BCUT2D eigenvalue weighted by molar-refractivity contribution is -0.130. The van der Waals surface area contributed by atoms with Gasteiger partial charge in [-0.3, -0.25) is 9.59 Å². The van der Waals surface area contributed by atoms with E-state index in [9.17, 15) is 27.6 Å². The van der Waals surface area contributed by atoms with Gasteiger partial charge in [0.05, 0.1) is 22.4 Å². The molecular weight excluding hydrogens is 465 g/mol. The van der Waals surface area contributed by atoms with E-state index in [0.29, 0.717) is 10.6 Å². The van der Waals surface area contributed by atoms with Gasteiger partial charge in [-0.25, -0.2) is 18.0 Å². The third kappa shape index (κ3) is 5.98. The van der Waals surface area contributed by atoms with E-state index in [-0.39, 0.29) is 5.56 Å². The van der Waals surface area contributed by atoms with E-state index < -0.39 is 53.6 Å². The van der Waals surface area contributed by atoms with Crippen molar-refractivity contribution in [2.24, 2.45) is 0 Å². The van der Waals surface area contributed by atoms with Crippen molar-refractivity contribution < 1.29 is 32.3 Å². The topological polar surface area (TPSA) is 84.5 Å².